The maximum atomic E-state index is 5.32. The van der Waals surface area contributed by atoms with Gasteiger partial charge in [-0.15, -0.1) is 0 Å². The summed E-state index contributed by atoms with van der Waals surface area (Å²) in [5, 5.41) is 0. The normalized spacial score (nSPS) is 11.5. The molecule has 23 heavy (non-hydrogen) atoms. The first kappa shape index (κ1) is 14.3. The minimum Gasteiger partial charge on any atom is -0.497 e. The van der Waals surface area contributed by atoms with E-state index in [0.717, 1.165) is 16.4 Å². The van der Waals surface area contributed by atoms with Gasteiger partial charge in [-0.3, -0.25) is 4.40 Å². The lowest BCUT2D eigenvalue weighted by Crippen LogP contribution is -1.89. The molecule has 4 heteroatoms. The Hall–Kier alpha value is -2.33. The fourth-order valence-corrected chi connectivity index (χ4v) is 4.08. The molecule has 0 fully saturated rings. The van der Waals surface area contributed by atoms with E-state index < -0.39 is 0 Å². The first-order valence-corrected chi connectivity index (χ1v) is 8.43. The summed E-state index contributed by atoms with van der Waals surface area (Å²) in [6, 6.07) is 12.7. The number of aromatic nitrogens is 2. The van der Waals surface area contributed by atoms with Gasteiger partial charge in [0.2, 0.25) is 0 Å². The van der Waals surface area contributed by atoms with Crippen LogP contribution in [0.4, 0.5) is 0 Å². The lowest BCUT2D eigenvalue weighted by molar-refractivity contribution is 0.415. The summed E-state index contributed by atoms with van der Waals surface area (Å²) < 4.78 is 8.76. The Morgan fingerprint density at radius 2 is 1.83 bits per heavy atom. The van der Waals surface area contributed by atoms with E-state index in [0.29, 0.717) is 0 Å². The van der Waals surface area contributed by atoms with Crippen LogP contribution in [-0.2, 0) is 0 Å². The van der Waals surface area contributed by atoms with E-state index in [4.69, 9.17) is 9.72 Å². The van der Waals surface area contributed by atoms with Gasteiger partial charge in [0.25, 0.3) is 0 Å². The summed E-state index contributed by atoms with van der Waals surface area (Å²) in [6.07, 6.45) is 0. The van der Waals surface area contributed by atoms with Gasteiger partial charge in [0.1, 0.15) is 5.75 Å². The van der Waals surface area contributed by atoms with E-state index in [1.165, 1.54) is 32.6 Å². The molecule has 0 amide bonds. The van der Waals surface area contributed by atoms with Gasteiger partial charge in [0.15, 0.2) is 4.96 Å². The first-order valence-electron chi connectivity index (χ1n) is 7.61. The van der Waals surface area contributed by atoms with Crippen molar-refractivity contribution >= 4 is 26.5 Å². The number of thiazole rings is 1. The molecule has 0 spiro atoms. The average Bonchev–Trinajstić information content (AvgIpc) is 3.06. The molecule has 0 aliphatic heterocycles. The number of methoxy groups -OCH3 is 1. The van der Waals surface area contributed by atoms with Crippen molar-refractivity contribution in [2.75, 3.05) is 7.11 Å². The number of imidazole rings is 1. The number of aryl methyl sites for hydroxylation is 3. The van der Waals surface area contributed by atoms with Gasteiger partial charge >= 0.3 is 0 Å². The monoisotopic (exact) mass is 322 g/mol. The highest BCUT2D eigenvalue weighted by molar-refractivity contribution is 7.23. The number of fused-ring (bicyclic) bond motifs is 3. The van der Waals surface area contributed by atoms with Crippen LogP contribution >= 0.6 is 11.3 Å². The Morgan fingerprint density at radius 1 is 1.00 bits per heavy atom. The summed E-state index contributed by atoms with van der Waals surface area (Å²) in [4.78, 5) is 5.91. The maximum absolute atomic E-state index is 5.32. The number of hydrogen-bond donors (Lipinski definition) is 0. The fraction of sp³-hybridized carbons (Fsp3) is 0.211. The molecule has 3 nitrogen and oxygen atoms in total. The van der Waals surface area contributed by atoms with Gasteiger partial charge < -0.3 is 4.74 Å². The van der Waals surface area contributed by atoms with E-state index in [1.54, 1.807) is 18.4 Å². The van der Waals surface area contributed by atoms with E-state index in [2.05, 4.69) is 55.5 Å². The molecular formula is C19H18N2OS. The third kappa shape index (κ3) is 2.13. The second kappa shape index (κ2) is 5.10. The van der Waals surface area contributed by atoms with E-state index in [1.807, 2.05) is 6.07 Å². The molecule has 0 aliphatic carbocycles. The van der Waals surface area contributed by atoms with Crippen molar-refractivity contribution in [2.24, 2.45) is 0 Å². The van der Waals surface area contributed by atoms with Gasteiger partial charge in [-0.05, 0) is 56.2 Å². The molecule has 0 bridgehead atoms. The van der Waals surface area contributed by atoms with Crippen molar-refractivity contribution in [2.45, 2.75) is 20.8 Å². The molecule has 116 valence electrons. The maximum Gasteiger partial charge on any atom is 0.195 e. The number of nitrogens with zero attached hydrogens (tertiary/aromatic N) is 2. The minimum atomic E-state index is 0.883. The zero-order chi connectivity index (χ0) is 16.1. The first-order chi connectivity index (χ1) is 11.1. The molecule has 0 N–H and O–H groups in total. The van der Waals surface area contributed by atoms with Gasteiger partial charge in [0, 0.05) is 11.3 Å². The quantitative estimate of drug-likeness (QED) is 0.510. The van der Waals surface area contributed by atoms with Gasteiger partial charge in [-0.25, -0.2) is 4.98 Å². The topological polar surface area (TPSA) is 26.5 Å². The molecule has 0 unspecified atom stereocenters. The Morgan fingerprint density at radius 3 is 2.57 bits per heavy atom. The van der Waals surface area contributed by atoms with Crippen LogP contribution in [0.2, 0.25) is 0 Å². The van der Waals surface area contributed by atoms with Crippen molar-refractivity contribution in [3.05, 3.63) is 53.2 Å². The highest BCUT2D eigenvalue weighted by Gasteiger charge is 2.15. The van der Waals surface area contributed by atoms with Crippen molar-refractivity contribution in [3.8, 4) is 17.0 Å². The molecule has 2 aromatic heterocycles. The molecule has 4 aromatic rings. The third-order valence-electron chi connectivity index (χ3n) is 4.47. The lowest BCUT2D eigenvalue weighted by Gasteiger charge is -2.04. The number of hydrogen-bond acceptors (Lipinski definition) is 3. The largest absolute Gasteiger partial charge is 0.497 e. The van der Waals surface area contributed by atoms with Crippen molar-refractivity contribution in [3.63, 3.8) is 0 Å². The summed E-state index contributed by atoms with van der Waals surface area (Å²) in [6.45, 7) is 6.42. The zero-order valence-corrected chi connectivity index (χ0v) is 14.5. The van der Waals surface area contributed by atoms with Crippen LogP contribution in [0, 0.1) is 20.8 Å². The Kier molecular flexibility index (Phi) is 3.16. The smallest absolute Gasteiger partial charge is 0.195 e. The highest BCUT2D eigenvalue weighted by atomic mass is 32.1. The Balaban J connectivity index is 1.96. The third-order valence-corrected chi connectivity index (χ3v) is 5.47. The van der Waals surface area contributed by atoms with Crippen LogP contribution in [0.25, 0.3) is 26.4 Å². The Labute approximate surface area is 139 Å². The van der Waals surface area contributed by atoms with Crippen LogP contribution in [0.5, 0.6) is 5.75 Å². The number of ether oxygens (including phenoxy) is 1. The fourth-order valence-electron chi connectivity index (χ4n) is 2.98. The van der Waals surface area contributed by atoms with E-state index in [9.17, 15) is 0 Å². The molecule has 0 saturated heterocycles. The van der Waals surface area contributed by atoms with Gasteiger partial charge in [-0.1, -0.05) is 23.5 Å². The average molecular weight is 322 g/mol. The molecule has 0 saturated carbocycles. The predicted molar refractivity (Wildman–Crippen MR) is 96.8 cm³/mol. The zero-order valence-electron chi connectivity index (χ0n) is 13.7. The summed E-state index contributed by atoms with van der Waals surface area (Å²) >= 11 is 1.70. The number of benzene rings is 2. The van der Waals surface area contributed by atoms with Crippen molar-refractivity contribution in [1.29, 1.82) is 0 Å². The van der Waals surface area contributed by atoms with Crippen LogP contribution < -0.4 is 4.74 Å². The van der Waals surface area contributed by atoms with Crippen molar-refractivity contribution < 1.29 is 4.74 Å². The molecule has 0 radical (unpaired) electrons. The molecular weight excluding hydrogens is 304 g/mol. The van der Waals surface area contributed by atoms with Crippen LogP contribution in [0.3, 0.4) is 0 Å². The summed E-state index contributed by atoms with van der Waals surface area (Å²) in [5.74, 6) is 0.883. The van der Waals surface area contributed by atoms with E-state index in [-0.39, 0.29) is 0 Å². The van der Waals surface area contributed by atoms with Gasteiger partial charge in [0.05, 0.1) is 23.0 Å². The predicted octanol–water partition coefficient (Wildman–Crippen LogP) is 5.15. The lowest BCUT2D eigenvalue weighted by atomic mass is 10.0. The minimum absolute atomic E-state index is 0.883. The Bertz CT molecular complexity index is 1040. The second-order valence-electron chi connectivity index (χ2n) is 5.90. The van der Waals surface area contributed by atoms with Gasteiger partial charge in [-0.2, -0.15) is 0 Å². The standard InChI is InChI=1S/C19H18N2OS/c1-11-5-6-14(9-12(11)2)18-13(3)21-16-8-7-15(22-4)10-17(16)23-19(21)20-18/h5-10H,1-4H3. The number of rotatable bonds is 2. The molecule has 2 heterocycles. The SMILES string of the molecule is COc1ccc2c(c1)sc1nc(-c3ccc(C)c(C)c3)c(C)n12. The van der Waals surface area contributed by atoms with Crippen molar-refractivity contribution in [1.82, 2.24) is 9.38 Å². The summed E-state index contributed by atoms with van der Waals surface area (Å²) in [7, 11) is 1.70. The highest BCUT2D eigenvalue weighted by Crippen LogP contribution is 2.34. The summed E-state index contributed by atoms with van der Waals surface area (Å²) in [5.41, 5.74) is 7.23. The second-order valence-corrected chi connectivity index (χ2v) is 6.91. The van der Waals surface area contributed by atoms with Crippen LogP contribution in [-0.4, -0.2) is 16.5 Å². The molecule has 4 rings (SSSR count). The van der Waals surface area contributed by atoms with Crippen LogP contribution in [0.15, 0.2) is 36.4 Å². The molecule has 0 aliphatic rings. The van der Waals surface area contributed by atoms with E-state index >= 15 is 0 Å². The molecule has 2 aromatic carbocycles. The van der Waals surface area contributed by atoms with Crippen LogP contribution in [0.1, 0.15) is 16.8 Å². The molecule has 0 atom stereocenters.